The lowest BCUT2D eigenvalue weighted by atomic mass is 9.84. The van der Waals surface area contributed by atoms with Gasteiger partial charge in [-0.25, -0.2) is 0 Å². The van der Waals surface area contributed by atoms with Crippen molar-refractivity contribution in [3.05, 3.63) is 0 Å². The van der Waals surface area contributed by atoms with Gasteiger partial charge >= 0.3 is 0 Å². The lowest BCUT2D eigenvalue weighted by Crippen LogP contribution is -2.52. The fourth-order valence-electron chi connectivity index (χ4n) is 3.46. The summed E-state index contributed by atoms with van der Waals surface area (Å²) < 4.78 is 0. The van der Waals surface area contributed by atoms with Crippen LogP contribution in [0, 0.1) is 17.8 Å². The van der Waals surface area contributed by atoms with Crippen LogP contribution in [0.25, 0.3) is 0 Å². The molecule has 1 saturated heterocycles. The number of aliphatic hydroxyl groups excluding tert-OH is 1. The van der Waals surface area contributed by atoms with Crippen molar-refractivity contribution in [2.24, 2.45) is 17.8 Å². The van der Waals surface area contributed by atoms with Crippen LogP contribution in [0.4, 0.5) is 0 Å². The Labute approximate surface area is 129 Å². The zero-order chi connectivity index (χ0) is 15.2. The van der Waals surface area contributed by atoms with Crippen molar-refractivity contribution in [3.63, 3.8) is 0 Å². The van der Waals surface area contributed by atoms with Crippen molar-refractivity contribution >= 4 is 5.91 Å². The number of likely N-dealkylation sites (tertiary alicyclic amines) is 1. The van der Waals surface area contributed by atoms with E-state index in [0.29, 0.717) is 24.3 Å². The summed E-state index contributed by atoms with van der Waals surface area (Å²) in [4.78, 5) is 14.4. The monoisotopic (exact) mass is 296 g/mol. The zero-order valence-electron chi connectivity index (χ0n) is 13.7. The van der Waals surface area contributed by atoms with Crippen molar-refractivity contribution in [2.45, 2.75) is 58.4 Å². The summed E-state index contributed by atoms with van der Waals surface area (Å²) in [7, 11) is 0. The van der Waals surface area contributed by atoms with E-state index < -0.39 is 0 Å². The van der Waals surface area contributed by atoms with Gasteiger partial charge in [0.2, 0.25) is 5.91 Å². The molecule has 2 rings (SSSR count). The molecule has 0 aromatic carbocycles. The van der Waals surface area contributed by atoms with Crippen LogP contribution < -0.4 is 5.32 Å². The first kappa shape index (κ1) is 16.8. The van der Waals surface area contributed by atoms with Gasteiger partial charge < -0.3 is 15.3 Å². The van der Waals surface area contributed by atoms with Crippen molar-refractivity contribution in [1.29, 1.82) is 0 Å². The molecule has 0 radical (unpaired) electrons. The number of nitrogens with one attached hydrogen (secondary N) is 1. The summed E-state index contributed by atoms with van der Waals surface area (Å²) in [6, 6.07) is 0.409. The quantitative estimate of drug-likeness (QED) is 0.756. The lowest BCUT2D eigenvalue weighted by molar-refractivity contribution is -0.134. The van der Waals surface area contributed by atoms with E-state index in [1.54, 1.807) is 0 Å². The second kappa shape index (κ2) is 8.14. The summed E-state index contributed by atoms with van der Waals surface area (Å²) in [5.41, 5.74) is 0. The van der Waals surface area contributed by atoms with Crippen LogP contribution in [0.3, 0.4) is 0 Å². The van der Waals surface area contributed by atoms with E-state index in [1.807, 2.05) is 4.90 Å². The highest BCUT2D eigenvalue weighted by Gasteiger charge is 2.30. The molecule has 122 valence electrons. The topological polar surface area (TPSA) is 52.6 Å². The van der Waals surface area contributed by atoms with Crippen molar-refractivity contribution in [3.8, 4) is 0 Å². The smallest absolute Gasteiger partial charge is 0.222 e. The second-order valence-corrected chi connectivity index (χ2v) is 7.41. The Morgan fingerprint density at radius 3 is 2.62 bits per heavy atom. The normalized spacial score (nSPS) is 27.0. The maximum absolute atomic E-state index is 12.3. The number of hydrogen-bond donors (Lipinski definition) is 2. The number of piperidine rings is 1. The molecular weight excluding hydrogens is 264 g/mol. The zero-order valence-corrected chi connectivity index (χ0v) is 13.7. The average molecular weight is 296 g/mol. The number of rotatable bonds is 7. The molecule has 4 heteroatoms. The highest BCUT2D eigenvalue weighted by molar-refractivity contribution is 5.76. The molecule has 0 spiro atoms. The van der Waals surface area contributed by atoms with Crippen LogP contribution in [-0.4, -0.2) is 48.2 Å². The average Bonchev–Trinajstić information content (AvgIpc) is 2.36. The van der Waals surface area contributed by atoms with Crippen molar-refractivity contribution in [2.75, 3.05) is 26.2 Å². The minimum absolute atomic E-state index is 0.228. The van der Waals surface area contributed by atoms with Gasteiger partial charge in [-0.1, -0.05) is 20.3 Å². The van der Waals surface area contributed by atoms with E-state index in [4.69, 9.17) is 0 Å². The third kappa shape index (κ3) is 5.26. The first-order valence-electron chi connectivity index (χ1n) is 8.70. The Balaban J connectivity index is 1.85. The van der Waals surface area contributed by atoms with E-state index in [1.165, 1.54) is 19.3 Å². The number of carbonyl (C=O) groups is 1. The number of amides is 1. The van der Waals surface area contributed by atoms with Crippen LogP contribution >= 0.6 is 0 Å². The van der Waals surface area contributed by atoms with E-state index in [0.717, 1.165) is 38.4 Å². The van der Waals surface area contributed by atoms with Gasteiger partial charge in [0.05, 0.1) is 0 Å². The van der Waals surface area contributed by atoms with Crippen molar-refractivity contribution in [1.82, 2.24) is 10.2 Å². The molecule has 1 aliphatic heterocycles. The summed E-state index contributed by atoms with van der Waals surface area (Å²) in [5.74, 6) is 1.99. The van der Waals surface area contributed by atoms with Crippen LogP contribution in [0.2, 0.25) is 0 Å². The fraction of sp³-hybridized carbons (Fsp3) is 0.941. The predicted molar refractivity (Wildman–Crippen MR) is 85.0 cm³/mol. The van der Waals surface area contributed by atoms with E-state index in [9.17, 15) is 9.90 Å². The van der Waals surface area contributed by atoms with Gasteiger partial charge in [-0.05, 0) is 50.0 Å². The second-order valence-electron chi connectivity index (χ2n) is 7.41. The molecule has 21 heavy (non-hydrogen) atoms. The Kier molecular flexibility index (Phi) is 6.49. The highest BCUT2D eigenvalue weighted by atomic mass is 16.3. The van der Waals surface area contributed by atoms with Crippen LogP contribution in [-0.2, 0) is 4.79 Å². The van der Waals surface area contributed by atoms with Gasteiger partial charge in [-0.3, -0.25) is 4.79 Å². The minimum Gasteiger partial charge on any atom is -0.396 e. The number of aliphatic hydroxyl groups is 1. The largest absolute Gasteiger partial charge is 0.396 e. The third-order valence-corrected chi connectivity index (χ3v) is 4.93. The molecule has 1 heterocycles. The SMILES string of the molecule is CC(C)CC(=O)N1CC(CCO)CC(NCC2CCC2)C1. The summed E-state index contributed by atoms with van der Waals surface area (Å²) >= 11 is 0. The van der Waals surface area contributed by atoms with E-state index >= 15 is 0 Å². The molecule has 4 nitrogen and oxygen atoms in total. The van der Waals surface area contributed by atoms with Gasteiger partial charge in [-0.15, -0.1) is 0 Å². The van der Waals surface area contributed by atoms with Gasteiger partial charge in [0, 0.05) is 32.2 Å². The standard InChI is InChI=1S/C17H32N2O2/c1-13(2)8-17(21)19-11-15(6-7-20)9-16(12-19)18-10-14-4-3-5-14/h13-16,18,20H,3-12H2,1-2H3. The Morgan fingerprint density at radius 2 is 2.05 bits per heavy atom. The maximum atomic E-state index is 12.3. The molecule has 2 N–H and O–H groups in total. The van der Waals surface area contributed by atoms with E-state index in [2.05, 4.69) is 19.2 Å². The van der Waals surface area contributed by atoms with Gasteiger partial charge in [0.15, 0.2) is 0 Å². The van der Waals surface area contributed by atoms with Crippen LogP contribution in [0.1, 0.15) is 52.4 Å². The van der Waals surface area contributed by atoms with Gasteiger partial charge in [0.25, 0.3) is 0 Å². The first-order valence-corrected chi connectivity index (χ1v) is 8.70. The minimum atomic E-state index is 0.228. The molecule has 1 saturated carbocycles. The highest BCUT2D eigenvalue weighted by Crippen LogP contribution is 2.26. The maximum Gasteiger partial charge on any atom is 0.222 e. The van der Waals surface area contributed by atoms with Crippen LogP contribution in [0.15, 0.2) is 0 Å². The summed E-state index contributed by atoms with van der Waals surface area (Å²) in [6.07, 6.45) is 6.64. The molecule has 2 fully saturated rings. The van der Waals surface area contributed by atoms with Crippen molar-refractivity contribution < 1.29 is 9.90 Å². The Morgan fingerprint density at radius 1 is 1.29 bits per heavy atom. The molecule has 2 unspecified atom stereocenters. The predicted octanol–water partition coefficient (Wildman–Crippen LogP) is 2.02. The van der Waals surface area contributed by atoms with E-state index in [-0.39, 0.29) is 12.5 Å². The Hall–Kier alpha value is -0.610. The molecule has 0 aromatic heterocycles. The van der Waals surface area contributed by atoms with Gasteiger partial charge in [0.1, 0.15) is 0 Å². The fourth-order valence-corrected chi connectivity index (χ4v) is 3.46. The molecule has 2 aliphatic rings. The molecule has 0 bridgehead atoms. The molecule has 1 aliphatic carbocycles. The molecule has 0 aromatic rings. The molecule has 2 atom stereocenters. The van der Waals surface area contributed by atoms with Crippen LogP contribution in [0.5, 0.6) is 0 Å². The Bertz CT molecular complexity index is 329. The number of hydrogen-bond acceptors (Lipinski definition) is 3. The number of carbonyl (C=O) groups excluding carboxylic acids is 1. The molecule has 1 amide bonds. The number of nitrogens with zero attached hydrogens (tertiary/aromatic N) is 1. The first-order chi connectivity index (χ1) is 10.1. The van der Waals surface area contributed by atoms with Gasteiger partial charge in [-0.2, -0.15) is 0 Å². The summed E-state index contributed by atoms with van der Waals surface area (Å²) in [6.45, 7) is 7.20. The third-order valence-electron chi connectivity index (χ3n) is 4.93. The summed E-state index contributed by atoms with van der Waals surface area (Å²) in [5, 5.41) is 12.9. The molecular formula is C17H32N2O2. The lowest BCUT2D eigenvalue weighted by Gasteiger charge is -2.39.